The van der Waals surface area contributed by atoms with Crippen LogP contribution < -0.4 is 0 Å². The summed E-state index contributed by atoms with van der Waals surface area (Å²) in [6, 6.07) is 1.08. The summed E-state index contributed by atoms with van der Waals surface area (Å²) in [6.45, 7) is 0. The first kappa shape index (κ1) is 12.7. The molecule has 0 aromatic carbocycles. The van der Waals surface area contributed by atoms with Crippen LogP contribution in [0.15, 0.2) is 18.5 Å². The van der Waals surface area contributed by atoms with Gasteiger partial charge in [-0.3, -0.25) is 4.79 Å². The van der Waals surface area contributed by atoms with Gasteiger partial charge in [0, 0.05) is 31.2 Å². The molecule has 0 saturated heterocycles. The summed E-state index contributed by atoms with van der Waals surface area (Å²) in [7, 11) is -1.09. The Morgan fingerprint density at radius 3 is 2.67 bits per heavy atom. The molecule has 0 fully saturated rings. The fourth-order valence-electron chi connectivity index (χ4n) is 1.52. The highest BCUT2D eigenvalue weighted by Crippen LogP contribution is 2.21. The maximum absolute atomic E-state index is 13.1. The van der Waals surface area contributed by atoms with E-state index in [1.807, 2.05) is 0 Å². The summed E-state index contributed by atoms with van der Waals surface area (Å²) < 4.78 is 38.9. The van der Waals surface area contributed by atoms with Crippen molar-refractivity contribution in [2.45, 2.75) is 0 Å². The predicted molar refractivity (Wildman–Crippen MR) is 63.1 cm³/mol. The summed E-state index contributed by atoms with van der Waals surface area (Å²) in [5.41, 5.74) is 0.0922. The molecular formula is C10H10FN3O3S. The normalized spacial score (nSPS) is 12.2. The number of carbonyl (C=O) groups is 1. The first-order valence-corrected chi connectivity index (χ1v) is 6.32. The summed E-state index contributed by atoms with van der Waals surface area (Å²) in [4.78, 5) is 14.6. The van der Waals surface area contributed by atoms with Crippen LogP contribution in [-0.2, 0) is 10.2 Å². The molecule has 0 atom stereocenters. The molecule has 96 valence electrons. The maximum Gasteiger partial charge on any atom is 0.308 e. The van der Waals surface area contributed by atoms with Crippen LogP contribution in [0.5, 0.6) is 0 Å². The summed E-state index contributed by atoms with van der Waals surface area (Å²) in [5, 5.41) is 0.162. The highest BCUT2D eigenvalue weighted by Gasteiger charge is 2.22. The van der Waals surface area contributed by atoms with E-state index in [0.717, 1.165) is 26.7 Å². The minimum absolute atomic E-state index is 0.0206. The molecule has 0 spiro atoms. The zero-order valence-corrected chi connectivity index (χ0v) is 10.5. The van der Waals surface area contributed by atoms with E-state index < -0.39 is 16.0 Å². The van der Waals surface area contributed by atoms with Crippen molar-refractivity contribution in [1.82, 2.24) is 13.3 Å². The number of aromatic nitrogens is 2. The van der Waals surface area contributed by atoms with Gasteiger partial charge >= 0.3 is 10.2 Å². The van der Waals surface area contributed by atoms with Crippen molar-refractivity contribution in [2.75, 3.05) is 14.1 Å². The monoisotopic (exact) mass is 271 g/mol. The van der Waals surface area contributed by atoms with Crippen LogP contribution in [0, 0.1) is 5.82 Å². The number of hydrogen-bond acceptors (Lipinski definition) is 4. The van der Waals surface area contributed by atoms with Crippen LogP contribution in [0.1, 0.15) is 10.4 Å². The van der Waals surface area contributed by atoms with Gasteiger partial charge in [0.2, 0.25) is 0 Å². The second-order valence-electron chi connectivity index (χ2n) is 3.81. The Hall–Kier alpha value is -1.80. The van der Waals surface area contributed by atoms with Crippen molar-refractivity contribution in [3.05, 3.63) is 29.8 Å². The van der Waals surface area contributed by atoms with Crippen LogP contribution in [0.3, 0.4) is 0 Å². The first-order valence-electron chi connectivity index (χ1n) is 4.92. The van der Waals surface area contributed by atoms with E-state index >= 15 is 0 Å². The Kier molecular flexibility index (Phi) is 2.91. The Morgan fingerprint density at radius 2 is 2.11 bits per heavy atom. The molecule has 6 nitrogen and oxygen atoms in total. The average molecular weight is 271 g/mol. The molecule has 2 heterocycles. The number of rotatable bonds is 3. The molecule has 0 unspecified atom stereocenters. The van der Waals surface area contributed by atoms with Gasteiger partial charge in [0.15, 0.2) is 11.9 Å². The van der Waals surface area contributed by atoms with Crippen molar-refractivity contribution in [1.29, 1.82) is 0 Å². The fraction of sp³-hybridized carbons (Fsp3) is 0.200. The van der Waals surface area contributed by atoms with Gasteiger partial charge in [0.05, 0.1) is 6.20 Å². The van der Waals surface area contributed by atoms with E-state index in [9.17, 15) is 17.6 Å². The molecule has 0 radical (unpaired) electrons. The lowest BCUT2D eigenvalue weighted by atomic mass is 10.2. The Labute approximate surface area is 103 Å². The van der Waals surface area contributed by atoms with Crippen molar-refractivity contribution < 1.29 is 17.6 Å². The third-order valence-electron chi connectivity index (χ3n) is 2.45. The molecule has 0 amide bonds. The largest absolute Gasteiger partial charge is 0.308 e. The minimum Gasteiger partial charge on any atom is -0.298 e. The molecule has 0 aliphatic heterocycles. The molecule has 0 bridgehead atoms. The van der Waals surface area contributed by atoms with Gasteiger partial charge in [-0.1, -0.05) is 0 Å². The van der Waals surface area contributed by atoms with E-state index in [1.54, 1.807) is 0 Å². The van der Waals surface area contributed by atoms with Crippen LogP contribution >= 0.6 is 0 Å². The maximum atomic E-state index is 13.1. The molecule has 2 aromatic rings. The molecule has 0 aliphatic rings. The zero-order valence-electron chi connectivity index (χ0n) is 9.66. The number of halogens is 1. The van der Waals surface area contributed by atoms with E-state index in [0.29, 0.717) is 6.29 Å². The lowest BCUT2D eigenvalue weighted by Gasteiger charge is -2.12. The highest BCUT2D eigenvalue weighted by molar-refractivity contribution is 7.87. The van der Waals surface area contributed by atoms with E-state index in [4.69, 9.17) is 0 Å². The number of hydrogen-bond donors (Lipinski definition) is 0. The number of aldehydes is 1. The molecule has 0 N–H and O–H groups in total. The topological polar surface area (TPSA) is 72.3 Å². The van der Waals surface area contributed by atoms with Crippen molar-refractivity contribution >= 4 is 27.5 Å². The average Bonchev–Trinajstić information content (AvgIpc) is 2.67. The Morgan fingerprint density at radius 1 is 1.44 bits per heavy atom. The van der Waals surface area contributed by atoms with Gasteiger partial charge in [-0.05, 0) is 6.07 Å². The molecule has 0 saturated carbocycles. The lowest BCUT2D eigenvalue weighted by molar-refractivity contribution is 0.112. The highest BCUT2D eigenvalue weighted by atomic mass is 32.2. The molecule has 2 rings (SSSR count). The second-order valence-corrected chi connectivity index (χ2v) is 5.83. The van der Waals surface area contributed by atoms with E-state index in [1.165, 1.54) is 14.1 Å². The van der Waals surface area contributed by atoms with Crippen molar-refractivity contribution in [2.24, 2.45) is 0 Å². The van der Waals surface area contributed by atoms with Crippen LogP contribution in [0.2, 0.25) is 0 Å². The summed E-state index contributed by atoms with van der Waals surface area (Å²) in [6.07, 6.45) is 2.49. The van der Waals surface area contributed by atoms with Gasteiger partial charge in [-0.2, -0.15) is 12.7 Å². The molecular weight excluding hydrogens is 261 g/mol. The van der Waals surface area contributed by atoms with E-state index in [-0.39, 0.29) is 16.6 Å². The quantitative estimate of drug-likeness (QED) is 0.768. The molecule has 18 heavy (non-hydrogen) atoms. The van der Waals surface area contributed by atoms with Gasteiger partial charge < -0.3 is 0 Å². The van der Waals surface area contributed by atoms with Crippen LogP contribution in [0.25, 0.3) is 11.0 Å². The Bertz CT molecular complexity index is 721. The van der Waals surface area contributed by atoms with Crippen molar-refractivity contribution in [3.63, 3.8) is 0 Å². The smallest absolute Gasteiger partial charge is 0.298 e. The summed E-state index contributed by atoms with van der Waals surface area (Å²) >= 11 is 0. The van der Waals surface area contributed by atoms with Crippen LogP contribution in [0.4, 0.5) is 4.39 Å². The minimum atomic E-state index is -3.80. The number of nitrogens with zero attached hydrogens (tertiary/aromatic N) is 3. The van der Waals surface area contributed by atoms with Gasteiger partial charge in [-0.25, -0.2) is 13.3 Å². The van der Waals surface area contributed by atoms with E-state index in [2.05, 4.69) is 4.98 Å². The first-order chi connectivity index (χ1) is 8.37. The van der Waals surface area contributed by atoms with Crippen molar-refractivity contribution in [3.8, 4) is 0 Å². The fourth-order valence-corrected chi connectivity index (χ4v) is 2.49. The number of carbonyl (C=O) groups excluding carboxylic acids is 1. The van der Waals surface area contributed by atoms with Gasteiger partial charge in [0.25, 0.3) is 0 Å². The SMILES string of the molecule is CN(C)S(=O)(=O)n1cc(C=O)c2cc(F)cnc21. The van der Waals surface area contributed by atoms with Gasteiger partial charge in [-0.15, -0.1) is 0 Å². The predicted octanol–water partition coefficient (Wildman–Crippen LogP) is 0.642. The zero-order chi connectivity index (χ0) is 13.5. The number of fused-ring (bicyclic) bond motifs is 1. The third-order valence-corrected chi connectivity index (χ3v) is 4.14. The standard InChI is InChI=1S/C10H10FN3O3S/c1-13(2)18(16,17)14-5-7(6-15)9-3-8(11)4-12-10(9)14/h3-6H,1-2H3. The second kappa shape index (κ2) is 4.14. The molecule has 0 aliphatic carbocycles. The van der Waals surface area contributed by atoms with Gasteiger partial charge in [0.1, 0.15) is 5.82 Å². The van der Waals surface area contributed by atoms with Crippen LogP contribution in [-0.4, -0.2) is 42.1 Å². The molecule has 2 aromatic heterocycles. The summed E-state index contributed by atoms with van der Waals surface area (Å²) in [5.74, 6) is -0.634. The lowest BCUT2D eigenvalue weighted by Crippen LogP contribution is -2.28. The third kappa shape index (κ3) is 1.79. The molecule has 8 heteroatoms. The number of pyridine rings is 1. The Balaban J connectivity index is 2.86.